The van der Waals surface area contributed by atoms with Gasteiger partial charge in [-0.25, -0.2) is 47.0 Å². The van der Waals surface area contributed by atoms with Crippen LogP contribution < -0.4 is 33.4 Å². The molecule has 19 heteroatoms. The van der Waals surface area contributed by atoms with Crippen molar-refractivity contribution in [3.63, 3.8) is 0 Å². The highest BCUT2D eigenvalue weighted by molar-refractivity contribution is 8.19. The van der Waals surface area contributed by atoms with E-state index in [2.05, 4.69) is 10.6 Å². The highest BCUT2D eigenvalue weighted by atomic mass is 32.2. The quantitative estimate of drug-likeness (QED) is 0.277. The first-order chi connectivity index (χ1) is 26.2. The van der Waals surface area contributed by atoms with E-state index >= 15 is 0 Å². The van der Waals surface area contributed by atoms with Crippen LogP contribution in [0.5, 0.6) is 0 Å². The first kappa shape index (κ1) is 34.9. The van der Waals surface area contributed by atoms with E-state index in [1.54, 1.807) is 66.7 Å². The summed E-state index contributed by atoms with van der Waals surface area (Å²) in [4.78, 5) is 84.9. The second kappa shape index (κ2) is 11.3. The number of thioether (sulfide) groups is 2. The number of carbonyl (C=O) groups excluding carboxylic acids is 2. The molecule has 8 heterocycles. The Morgan fingerprint density at radius 2 is 0.982 bits per heavy atom. The van der Waals surface area contributed by atoms with E-state index in [4.69, 9.17) is 14.7 Å². The fourth-order valence-corrected chi connectivity index (χ4v) is 11.7. The van der Waals surface area contributed by atoms with Gasteiger partial charge in [-0.15, -0.1) is 0 Å². The van der Waals surface area contributed by atoms with Crippen molar-refractivity contribution in [1.82, 2.24) is 38.5 Å². The zero-order valence-electron chi connectivity index (χ0n) is 30.1. The van der Waals surface area contributed by atoms with Crippen LogP contribution in [0.2, 0.25) is 0 Å². The Morgan fingerprint density at radius 3 is 1.29 bits per heavy atom. The van der Waals surface area contributed by atoms with Crippen LogP contribution in [0.4, 0.5) is 0 Å². The molecule has 17 nitrogen and oxygen atoms in total. The molecule has 282 valence electrons. The number of nitrogens with one attached hydrogen (secondary N) is 2. The van der Waals surface area contributed by atoms with Crippen LogP contribution in [0.15, 0.2) is 103 Å². The smallest absolute Gasteiger partial charge is 0.353 e. The topological polar surface area (TPSA) is 198 Å². The molecule has 10 rings (SSSR count). The molecule has 4 fully saturated rings. The SMILES string of the molecule is CC#N.CC1(C)CO/C(=C2/C(=O)S[C@]34[C@H]2n2c(=O)n(-c5ccccc5)c(=O)n2[C@]32SC(=O)/C(=C3\NC(C)(C)CO3)[C@@H]2n2c(=O)n(-c3ccccc3)c(=O)n24)N1. The summed E-state index contributed by atoms with van der Waals surface area (Å²) < 4.78 is 18.8. The summed E-state index contributed by atoms with van der Waals surface area (Å²) >= 11 is 1.41. The number of benzene rings is 2. The molecule has 0 aliphatic carbocycles. The third-order valence-electron chi connectivity index (χ3n) is 10.4. The fourth-order valence-electron chi connectivity index (χ4n) is 8.41. The Balaban J connectivity index is 0.00000128. The molecule has 2 aromatic carbocycles. The summed E-state index contributed by atoms with van der Waals surface area (Å²) in [5.74, 6) is 0.172. The van der Waals surface area contributed by atoms with Crippen LogP contribution in [0.3, 0.4) is 0 Å². The van der Waals surface area contributed by atoms with Crippen LogP contribution in [-0.2, 0) is 28.8 Å². The van der Waals surface area contributed by atoms with Crippen molar-refractivity contribution < 1.29 is 19.1 Å². The van der Waals surface area contributed by atoms with Crippen molar-refractivity contribution in [2.24, 2.45) is 0 Å². The van der Waals surface area contributed by atoms with E-state index in [0.29, 0.717) is 23.5 Å². The molecule has 6 aliphatic rings. The minimum Gasteiger partial charge on any atom is -0.476 e. The number of nitriles is 1. The van der Waals surface area contributed by atoms with Crippen LogP contribution in [0.25, 0.3) is 11.4 Å². The zero-order chi connectivity index (χ0) is 39.0. The number of para-hydroxylation sites is 2. The van der Waals surface area contributed by atoms with Gasteiger partial charge in [-0.2, -0.15) is 5.26 Å². The van der Waals surface area contributed by atoms with Gasteiger partial charge < -0.3 is 20.1 Å². The van der Waals surface area contributed by atoms with Gasteiger partial charge >= 0.3 is 22.8 Å². The van der Waals surface area contributed by atoms with Gasteiger partial charge in [0.1, 0.15) is 25.3 Å². The molecule has 4 aromatic rings. The van der Waals surface area contributed by atoms with Gasteiger partial charge in [-0.3, -0.25) is 9.59 Å². The van der Waals surface area contributed by atoms with Crippen molar-refractivity contribution in [1.29, 1.82) is 5.26 Å². The number of ether oxygens (including phenoxy) is 2. The molecular weight excluding hydrogens is 751 g/mol. The largest absolute Gasteiger partial charge is 0.476 e. The van der Waals surface area contributed by atoms with Gasteiger partial charge in [-0.05, 0) is 75.5 Å². The van der Waals surface area contributed by atoms with E-state index in [1.807, 2.05) is 27.7 Å². The summed E-state index contributed by atoms with van der Waals surface area (Å²) in [5, 5.41) is 12.7. The van der Waals surface area contributed by atoms with Crippen molar-refractivity contribution in [2.75, 3.05) is 13.2 Å². The monoisotopic (exact) mass is 783 g/mol. The van der Waals surface area contributed by atoms with Gasteiger partial charge in [0.25, 0.3) is 0 Å². The molecule has 4 atom stereocenters. The number of hydrogen-bond donors (Lipinski definition) is 2. The molecule has 55 heavy (non-hydrogen) atoms. The summed E-state index contributed by atoms with van der Waals surface area (Å²) in [5.41, 5.74) is -3.95. The predicted octanol–water partition coefficient (Wildman–Crippen LogP) is 1.33. The van der Waals surface area contributed by atoms with E-state index in [-0.39, 0.29) is 47.5 Å². The second-order valence-electron chi connectivity index (χ2n) is 15.1. The molecule has 2 spiro atoms. The summed E-state index contributed by atoms with van der Waals surface area (Å²) in [6, 6.07) is 15.5. The molecule has 0 radical (unpaired) electrons. The number of fused-ring (bicyclic) bond motifs is 4. The lowest BCUT2D eigenvalue weighted by Crippen LogP contribution is -2.52. The van der Waals surface area contributed by atoms with Crippen molar-refractivity contribution in [3.8, 4) is 17.4 Å². The first-order valence-corrected chi connectivity index (χ1v) is 18.9. The second-order valence-corrected chi connectivity index (χ2v) is 17.5. The maximum Gasteiger partial charge on any atom is 0.353 e. The van der Waals surface area contributed by atoms with Gasteiger partial charge in [0.05, 0.1) is 39.7 Å². The molecule has 6 aliphatic heterocycles. The van der Waals surface area contributed by atoms with Crippen molar-refractivity contribution in [2.45, 2.75) is 67.5 Å². The Labute approximate surface area is 319 Å². The highest BCUT2D eigenvalue weighted by Crippen LogP contribution is 2.76. The average Bonchev–Trinajstić information content (AvgIpc) is 3.98. The molecule has 4 saturated heterocycles. The van der Waals surface area contributed by atoms with Gasteiger partial charge in [0.15, 0.2) is 21.5 Å². The van der Waals surface area contributed by atoms with Gasteiger partial charge in [0, 0.05) is 6.92 Å². The van der Waals surface area contributed by atoms with Crippen LogP contribution >= 0.6 is 23.5 Å². The van der Waals surface area contributed by atoms with Gasteiger partial charge in [-0.1, -0.05) is 36.4 Å². The highest BCUT2D eigenvalue weighted by Gasteiger charge is 2.85. The number of carbonyl (C=O) groups is 2. The van der Waals surface area contributed by atoms with E-state index in [1.165, 1.54) is 25.7 Å². The average molecular weight is 784 g/mol. The summed E-state index contributed by atoms with van der Waals surface area (Å²) in [6.07, 6.45) is 0. The van der Waals surface area contributed by atoms with E-state index < -0.39 is 65.9 Å². The van der Waals surface area contributed by atoms with Crippen LogP contribution in [-0.4, -0.2) is 62.4 Å². The standard InChI is InChI=1S/C34H30N8O8S2.C2H3N/c1-31(2)15-49-23(35-31)19-21-33(51-25(19)43)34(42-30(48)37(27(45)39(21)42)17-11-7-5-8-12-17)22(20(26(44)52-34)24-36-32(3,4)16-50-24)40-28(46)38(29(47)41(33)40)18-13-9-6-10-14-18;1-2-3/h5-14,21-22,35-36H,15-16H2,1-4H3;1H3/b23-19+,24-20+;/t21-,22-,33+,34+;/m0./s1. The van der Waals surface area contributed by atoms with Crippen LogP contribution in [0, 0.1) is 11.3 Å². The fraction of sp³-hybridized carbons (Fsp3) is 0.361. The number of hydrogen-bond acceptors (Lipinski definition) is 13. The van der Waals surface area contributed by atoms with Crippen molar-refractivity contribution >= 4 is 33.8 Å². The molecule has 0 bridgehead atoms. The van der Waals surface area contributed by atoms with E-state index in [9.17, 15) is 28.8 Å². The number of rotatable bonds is 2. The third-order valence-corrected chi connectivity index (χ3v) is 13.4. The molecule has 2 aromatic heterocycles. The predicted molar refractivity (Wildman–Crippen MR) is 199 cm³/mol. The number of nitrogens with zero attached hydrogens (tertiary/aromatic N) is 7. The summed E-state index contributed by atoms with van der Waals surface area (Å²) in [6.45, 7) is 9.30. The Hall–Kier alpha value is -5.87. The number of aromatic nitrogens is 6. The zero-order valence-corrected chi connectivity index (χ0v) is 31.7. The Morgan fingerprint density at radius 1 is 0.636 bits per heavy atom. The Kier molecular flexibility index (Phi) is 7.18. The maximum atomic E-state index is 15.0. The minimum atomic E-state index is -1.93. The first-order valence-electron chi connectivity index (χ1n) is 17.3. The maximum absolute atomic E-state index is 15.0. The molecule has 0 amide bonds. The van der Waals surface area contributed by atoms with E-state index in [0.717, 1.165) is 9.13 Å². The molecule has 0 unspecified atom stereocenters. The lowest BCUT2D eigenvalue weighted by Gasteiger charge is -2.34. The van der Waals surface area contributed by atoms with Crippen LogP contribution in [0.1, 0.15) is 46.7 Å². The minimum absolute atomic E-state index is 0.00181. The molecular formula is C36H33N9O8S2. The van der Waals surface area contributed by atoms with Crippen molar-refractivity contribution in [3.05, 3.63) is 126 Å². The third kappa shape index (κ3) is 4.26. The lowest BCUT2D eigenvalue weighted by molar-refractivity contribution is -0.108. The van der Waals surface area contributed by atoms with Gasteiger partial charge in [0.2, 0.25) is 10.2 Å². The molecule has 2 N–H and O–H groups in total. The normalized spacial score (nSPS) is 29.8. The molecule has 0 saturated carbocycles. The lowest BCUT2D eigenvalue weighted by atomic mass is 9.89. The summed E-state index contributed by atoms with van der Waals surface area (Å²) in [7, 11) is 0. The Bertz CT molecular complexity index is 2560.